The highest BCUT2D eigenvalue weighted by atomic mass is 35.5. The van der Waals surface area contributed by atoms with Crippen molar-refractivity contribution >= 4 is 31.4 Å². The Balaban J connectivity index is 2.71. The Morgan fingerprint density at radius 3 is 2.14 bits per heavy atom. The maximum absolute atomic E-state index is 5.82. The first-order valence-electron chi connectivity index (χ1n) is 4.52. The van der Waals surface area contributed by atoms with Gasteiger partial charge in [-0.3, -0.25) is 0 Å². The van der Waals surface area contributed by atoms with Gasteiger partial charge in [-0.05, 0) is 28.8 Å². The van der Waals surface area contributed by atoms with Gasteiger partial charge in [0, 0.05) is 9.92 Å². The van der Waals surface area contributed by atoms with Crippen LogP contribution in [0.4, 0.5) is 0 Å². The first-order chi connectivity index (χ1) is 6.39. The molecule has 0 saturated carbocycles. The molecule has 3 heteroatoms. The zero-order valence-corrected chi connectivity index (χ0v) is 11.4. The third-order valence-corrected chi connectivity index (χ3v) is 6.71. The summed E-state index contributed by atoms with van der Waals surface area (Å²) >= 11 is 7.58. The van der Waals surface area contributed by atoms with Crippen molar-refractivity contribution in [1.82, 2.24) is 0 Å². The quantitative estimate of drug-likeness (QED) is 0.541. The van der Waals surface area contributed by atoms with Crippen molar-refractivity contribution in [2.24, 2.45) is 0 Å². The third kappa shape index (κ3) is 3.52. The van der Waals surface area contributed by atoms with Crippen LogP contribution in [0.2, 0.25) is 24.7 Å². The molecule has 1 aromatic carbocycles. The fourth-order valence-corrected chi connectivity index (χ4v) is 3.06. The van der Waals surface area contributed by atoms with Crippen LogP contribution in [0.1, 0.15) is 0 Å². The molecule has 1 rings (SSSR count). The van der Waals surface area contributed by atoms with E-state index in [-0.39, 0.29) is 0 Å². The van der Waals surface area contributed by atoms with Crippen molar-refractivity contribution < 1.29 is 0 Å². The van der Waals surface area contributed by atoms with E-state index in [0.29, 0.717) is 0 Å². The topological polar surface area (TPSA) is 0 Å². The van der Waals surface area contributed by atoms with E-state index in [1.807, 2.05) is 24.3 Å². The second-order valence-corrected chi connectivity index (χ2v) is 11.3. The number of hydrogen-bond donors (Lipinski definition) is 0. The molecule has 0 spiro atoms. The van der Waals surface area contributed by atoms with Crippen molar-refractivity contribution in [3.63, 3.8) is 0 Å². The largest absolute Gasteiger partial charge is 0.0998 e. The van der Waals surface area contributed by atoms with Crippen LogP contribution in [0, 0.1) is 0 Å². The Kier molecular flexibility index (Phi) is 3.87. The van der Waals surface area contributed by atoms with Crippen LogP contribution in [0.25, 0.3) is 0 Å². The highest BCUT2D eigenvalue weighted by molar-refractivity contribution is 8.05. The number of hydrogen-bond acceptors (Lipinski definition) is 1. The smallest absolute Gasteiger partial charge is 0.0854 e. The van der Waals surface area contributed by atoms with E-state index < -0.39 is 8.07 Å². The molecule has 0 aliphatic heterocycles. The van der Waals surface area contributed by atoms with Gasteiger partial charge >= 0.3 is 0 Å². The molecule has 0 bridgehead atoms. The lowest BCUT2D eigenvalue weighted by Gasteiger charge is -2.18. The average Bonchev–Trinajstić information content (AvgIpc) is 2.07. The Hall–Kier alpha value is -0.183. The second-order valence-electron chi connectivity index (χ2n) is 4.23. The summed E-state index contributed by atoms with van der Waals surface area (Å²) in [7, 11) is -1.22. The summed E-state index contributed by atoms with van der Waals surface area (Å²) in [5.41, 5.74) is 0. The number of benzene rings is 1. The molecule has 0 N–H and O–H groups in total. The van der Waals surface area contributed by atoms with Crippen molar-refractivity contribution in [3.8, 4) is 0 Å². The lowest BCUT2D eigenvalue weighted by Crippen LogP contribution is -2.20. The van der Waals surface area contributed by atoms with Gasteiger partial charge in [0.05, 0.1) is 8.07 Å². The Bertz CT molecular complexity index is 324. The van der Waals surface area contributed by atoms with E-state index >= 15 is 0 Å². The molecule has 0 fully saturated rings. The van der Waals surface area contributed by atoms with Gasteiger partial charge in [-0.2, -0.15) is 0 Å². The summed E-state index contributed by atoms with van der Waals surface area (Å²) in [5, 5.41) is 0.785. The molecule has 0 aliphatic carbocycles. The van der Waals surface area contributed by atoms with Crippen molar-refractivity contribution in [2.45, 2.75) is 24.5 Å². The van der Waals surface area contributed by atoms with Gasteiger partial charge in [0.1, 0.15) is 0 Å². The minimum absolute atomic E-state index is 0.785. The summed E-state index contributed by atoms with van der Waals surface area (Å²) in [6, 6.07) is 7.92. The molecule has 0 amide bonds. The molecule has 0 nitrogen and oxygen atoms in total. The zero-order chi connectivity index (χ0) is 10.8. The van der Waals surface area contributed by atoms with E-state index in [0.717, 1.165) is 5.02 Å². The minimum Gasteiger partial charge on any atom is -0.0998 e. The maximum Gasteiger partial charge on any atom is 0.0854 e. The lowest BCUT2D eigenvalue weighted by molar-refractivity contribution is 1.47. The van der Waals surface area contributed by atoms with Gasteiger partial charge in [0.25, 0.3) is 0 Å². The molecular weight excluding hydrogens is 228 g/mol. The third-order valence-electron chi connectivity index (χ3n) is 1.89. The highest BCUT2D eigenvalue weighted by Crippen LogP contribution is 2.32. The minimum atomic E-state index is -1.22. The Morgan fingerprint density at radius 2 is 1.71 bits per heavy atom. The van der Waals surface area contributed by atoms with Crippen LogP contribution in [0.5, 0.6) is 0 Å². The highest BCUT2D eigenvalue weighted by Gasteiger charge is 2.18. The van der Waals surface area contributed by atoms with Crippen LogP contribution in [-0.4, -0.2) is 8.07 Å². The zero-order valence-electron chi connectivity index (χ0n) is 8.80. The summed E-state index contributed by atoms with van der Waals surface area (Å²) in [6.07, 6.45) is 0. The fraction of sp³-hybridized carbons (Fsp3) is 0.273. The Morgan fingerprint density at radius 1 is 1.21 bits per heavy atom. The molecule has 0 atom stereocenters. The number of thioether (sulfide) groups is 1. The molecule has 76 valence electrons. The van der Waals surface area contributed by atoms with Gasteiger partial charge in [-0.1, -0.05) is 49.6 Å². The van der Waals surface area contributed by atoms with Crippen LogP contribution >= 0.6 is 23.4 Å². The van der Waals surface area contributed by atoms with E-state index in [1.165, 1.54) is 9.42 Å². The standard InChI is InChI=1S/C11H15ClSSi/c1-9(14(2,3)4)13-11-7-5-10(12)6-8-11/h5-8H,1H2,2-4H3. The molecule has 0 heterocycles. The van der Waals surface area contributed by atoms with Crippen LogP contribution in [0.3, 0.4) is 0 Å². The Labute approximate surface area is 96.4 Å². The number of halogens is 1. The lowest BCUT2D eigenvalue weighted by atomic mass is 10.4. The van der Waals surface area contributed by atoms with E-state index in [1.54, 1.807) is 11.8 Å². The molecule has 0 radical (unpaired) electrons. The van der Waals surface area contributed by atoms with E-state index in [9.17, 15) is 0 Å². The van der Waals surface area contributed by atoms with E-state index in [2.05, 4.69) is 26.2 Å². The van der Waals surface area contributed by atoms with Crippen LogP contribution in [-0.2, 0) is 0 Å². The SMILES string of the molecule is C=C(Sc1ccc(Cl)cc1)[Si](C)(C)C. The molecule has 0 saturated heterocycles. The van der Waals surface area contributed by atoms with Crippen molar-refractivity contribution in [3.05, 3.63) is 40.4 Å². The molecule has 0 unspecified atom stereocenters. The predicted molar refractivity (Wildman–Crippen MR) is 69.8 cm³/mol. The molecule has 0 aliphatic rings. The average molecular weight is 243 g/mol. The second kappa shape index (κ2) is 4.56. The van der Waals surface area contributed by atoms with Gasteiger partial charge < -0.3 is 0 Å². The predicted octanol–water partition coefficient (Wildman–Crippen LogP) is 4.82. The molecule has 14 heavy (non-hydrogen) atoms. The first kappa shape index (κ1) is 11.9. The van der Waals surface area contributed by atoms with Gasteiger partial charge in [-0.25, -0.2) is 0 Å². The number of rotatable bonds is 3. The van der Waals surface area contributed by atoms with Crippen molar-refractivity contribution in [1.29, 1.82) is 0 Å². The van der Waals surface area contributed by atoms with Crippen LogP contribution < -0.4 is 0 Å². The molecule has 0 aromatic heterocycles. The van der Waals surface area contributed by atoms with Crippen LogP contribution in [0.15, 0.2) is 40.3 Å². The summed E-state index contributed by atoms with van der Waals surface area (Å²) in [5.74, 6) is 0. The molecule has 1 aromatic rings. The van der Waals surface area contributed by atoms with Crippen molar-refractivity contribution in [2.75, 3.05) is 0 Å². The van der Waals surface area contributed by atoms with Gasteiger partial charge in [0.15, 0.2) is 0 Å². The fourth-order valence-electron chi connectivity index (χ4n) is 0.798. The molecular formula is C11H15ClSSi. The summed E-state index contributed by atoms with van der Waals surface area (Å²) in [6.45, 7) is 11.0. The summed E-state index contributed by atoms with van der Waals surface area (Å²) in [4.78, 5) is 1.22. The maximum atomic E-state index is 5.82. The summed E-state index contributed by atoms with van der Waals surface area (Å²) < 4.78 is 1.31. The van der Waals surface area contributed by atoms with Gasteiger partial charge in [-0.15, -0.1) is 0 Å². The first-order valence-corrected chi connectivity index (χ1v) is 9.22. The van der Waals surface area contributed by atoms with Gasteiger partial charge in [0.2, 0.25) is 0 Å². The van der Waals surface area contributed by atoms with E-state index in [4.69, 9.17) is 11.6 Å². The monoisotopic (exact) mass is 242 g/mol. The normalized spacial score (nSPS) is 11.4.